The van der Waals surface area contributed by atoms with Crippen LogP contribution in [0.25, 0.3) is 0 Å². The molecule has 4 nitrogen and oxygen atoms in total. The van der Waals surface area contributed by atoms with Crippen molar-refractivity contribution in [2.45, 2.75) is 45.8 Å². The number of ether oxygens (including phenoxy) is 2. The average Bonchev–Trinajstić information content (AvgIpc) is 2.73. The van der Waals surface area contributed by atoms with Crippen LogP contribution in [0.2, 0.25) is 0 Å². The van der Waals surface area contributed by atoms with Crippen LogP contribution < -0.4 is 14.8 Å². The Hall–Kier alpha value is -3.27. The van der Waals surface area contributed by atoms with Crippen LogP contribution in [0.4, 0.5) is 5.69 Å². The van der Waals surface area contributed by atoms with Gasteiger partial charge in [0.15, 0.2) is 6.10 Å². The average molecular weight is 404 g/mol. The molecule has 1 amide bonds. The monoisotopic (exact) mass is 403 g/mol. The number of rotatable bonds is 7. The number of carbonyl (C=O) groups is 1. The minimum Gasteiger partial charge on any atom is -0.489 e. The Kier molecular flexibility index (Phi) is 6.78. The van der Waals surface area contributed by atoms with Crippen LogP contribution in [0.5, 0.6) is 11.5 Å². The maximum Gasteiger partial charge on any atom is 0.265 e. The number of nitrogens with one attached hydrogen (secondary N) is 1. The van der Waals surface area contributed by atoms with E-state index in [4.69, 9.17) is 9.47 Å². The Bertz CT molecular complexity index is 942. The van der Waals surface area contributed by atoms with E-state index in [1.165, 1.54) is 5.56 Å². The van der Waals surface area contributed by atoms with Crippen LogP contribution in [-0.4, -0.2) is 12.0 Å². The molecular weight excluding hydrogens is 374 g/mol. The molecule has 0 radical (unpaired) electrons. The highest BCUT2D eigenvalue weighted by Crippen LogP contribution is 2.25. The first-order chi connectivity index (χ1) is 14.3. The maximum absolute atomic E-state index is 12.5. The summed E-state index contributed by atoms with van der Waals surface area (Å²) in [4.78, 5) is 12.5. The van der Waals surface area contributed by atoms with Crippen molar-refractivity contribution >= 4 is 11.6 Å². The lowest BCUT2D eigenvalue weighted by Crippen LogP contribution is -2.30. The summed E-state index contributed by atoms with van der Waals surface area (Å²) in [6, 6.07) is 25.2. The molecule has 30 heavy (non-hydrogen) atoms. The van der Waals surface area contributed by atoms with E-state index in [9.17, 15) is 4.79 Å². The predicted molar refractivity (Wildman–Crippen MR) is 121 cm³/mol. The zero-order chi connectivity index (χ0) is 21.6. The van der Waals surface area contributed by atoms with Gasteiger partial charge in [0.1, 0.15) is 18.1 Å². The van der Waals surface area contributed by atoms with Crippen LogP contribution >= 0.6 is 0 Å². The van der Waals surface area contributed by atoms with Gasteiger partial charge in [-0.3, -0.25) is 4.79 Å². The first-order valence-corrected chi connectivity index (χ1v) is 10.2. The fraction of sp³-hybridized carbons (Fsp3) is 0.269. The summed E-state index contributed by atoms with van der Waals surface area (Å²) >= 11 is 0. The first-order valence-electron chi connectivity index (χ1n) is 10.2. The van der Waals surface area contributed by atoms with Crippen molar-refractivity contribution in [3.05, 3.63) is 90.0 Å². The fourth-order valence-corrected chi connectivity index (χ4v) is 2.91. The quantitative estimate of drug-likeness (QED) is 0.529. The van der Waals surface area contributed by atoms with Crippen LogP contribution in [0.15, 0.2) is 78.9 Å². The van der Waals surface area contributed by atoms with Gasteiger partial charge in [0.05, 0.1) is 0 Å². The van der Waals surface area contributed by atoms with Gasteiger partial charge in [-0.1, -0.05) is 63.2 Å². The van der Waals surface area contributed by atoms with Gasteiger partial charge in [0.25, 0.3) is 5.91 Å². The normalized spacial score (nSPS) is 12.1. The Labute approximate surface area is 178 Å². The lowest BCUT2D eigenvalue weighted by molar-refractivity contribution is -0.122. The van der Waals surface area contributed by atoms with E-state index in [0.29, 0.717) is 18.0 Å². The predicted octanol–water partition coefficient (Wildman–Crippen LogP) is 5.97. The first kappa shape index (κ1) is 21.4. The van der Waals surface area contributed by atoms with Gasteiger partial charge in [-0.05, 0) is 59.9 Å². The number of anilines is 1. The summed E-state index contributed by atoms with van der Waals surface area (Å²) in [7, 11) is 0. The van der Waals surface area contributed by atoms with Gasteiger partial charge in [-0.25, -0.2) is 0 Å². The third-order valence-corrected chi connectivity index (χ3v) is 4.77. The Morgan fingerprint density at radius 2 is 1.47 bits per heavy atom. The molecule has 0 bridgehead atoms. The minimum absolute atomic E-state index is 0.0818. The molecule has 0 aliphatic rings. The van der Waals surface area contributed by atoms with E-state index in [2.05, 4.69) is 26.1 Å². The van der Waals surface area contributed by atoms with Crippen molar-refractivity contribution in [1.29, 1.82) is 0 Å². The molecule has 4 heteroatoms. The number of benzene rings is 3. The summed E-state index contributed by atoms with van der Waals surface area (Å²) in [5.41, 5.74) is 3.11. The molecule has 0 heterocycles. The standard InChI is InChI=1S/C26H29NO3/c1-19(30-24-14-10-21(11-15-24)26(2,3)4)25(28)27-22-12-16-23(17-13-22)29-18-20-8-6-5-7-9-20/h5-17,19H,18H2,1-4H3,(H,27,28). The van der Waals surface area contributed by atoms with Crippen LogP contribution in [0, 0.1) is 0 Å². The molecule has 1 unspecified atom stereocenters. The maximum atomic E-state index is 12.5. The highest BCUT2D eigenvalue weighted by atomic mass is 16.5. The third kappa shape index (κ3) is 6.11. The molecule has 0 saturated heterocycles. The smallest absolute Gasteiger partial charge is 0.265 e. The number of carbonyl (C=O) groups excluding carboxylic acids is 1. The van der Waals surface area contributed by atoms with E-state index in [1.807, 2.05) is 78.9 Å². The van der Waals surface area contributed by atoms with Crippen molar-refractivity contribution in [2.24, 2.45) is 0 Å². The zero-order valence-electron chi connectivity index (χ0n) is 18.0. The Morgan fingerprint density at radius 1 is 0.867 bits per heavy atom. The lowest BCUT2D eigenvalue weighted by Gasteiger charge is -2.20. The number of hydrogen-bond donors (Lipinski definition) is 1. The second-order valence-electron chi connectivity index (χ2n) is 8.32. The third-order valence-electron chi connectivity index (χ3n) is 4.77. The van der Waals surface area contributed by atoms with Crippen molar-refractivity contribution < 1.29 is 14.3 Å². The van der Waals surface area contributed by atoms with Gasteiger partial charge in [0, 0.05) is 5.69 Å². The second-order valence-corrected chi connectivity index (χ2v) is 8.32. The lowest BCUT2D eigenvalue weighted by atomic mass is 9.87. The molecule has 0 aliphatic heterocycles. The van der Waals surface area contributed by atoms with Crippen molar-refractivity contribution in [2.75, 3.05) is 5.32 Å². The Morgan fingerprint density at radius 3 is 2.07 bits per heavy atom. The minimum atomic E-state index is -0.612. The van der Waals surface area contributed by atoms with Gasteiger partial charge in [0.2, 0.25) is 0 Å². The fourth-order valence-electron chi connectivity index (χ4n) is 2.91. The molecular formula is C26H29NO3. The second kappa shape index (κ2) is 9.49. The summed E-state index contributed by atoms with van der Waals surface area (Å²) in [5.74, 6) is 1.23. The summed E-state index contributed by atoms with van der Waals surface area (Å²) in [6.07, 6.45) is -0.612. The van der Waals surface area contributed by atoms with Gasteiger partial charge < -0.3 is 14.8 Å². The summed E-state index contributed by atoms with van der Waals surface area (Å²) in [5, 5.41) is 2.88. The van der Waals surface area contributed by atoms with Crippen molar-refractivity contribution in [3.63, 3.8) is 0 Å². The number of hydrogen-bond acceptors (Lipinski definition) is 3. The van der Waals surface area contributed by atoms with Crippen molar-refractivity contribution in [3.8, 4) is 11.5 Å². The molecule has 3 aromatic carbocycles. The SMILES string of the molecule is CC(Oc1ccc(C(C)(C)C)cc1)C(=O)Nc1ccc(OCc2ccccc2)cc1. The zero-order valence-corrected chi connectivity index (χ0v) is 18.0. The van der Waals surface area contributed by atoms with E-state index >= 15 is 0 Å². The van der Waals surface area contributed by atoms with Gasteiger partial charge in [-0.15, -0.1) is 0 Å². The van der Waals surface area contributed by atoms with Crippen LogP contribution in [-0.2, 0) is 16.8 Å². The molecule has 0 aromatic heterocycles. The number of amides is 1. The van der Waals surface area contributed by atoms with E-state index in [-0.39, 0.29) is 11.3 Å². The van der Waals surface area contributed by atoms with Crippen molar-refractivity contribution in [1.82, 2.24) is 0 Å². The summed E-state index contributed by atoms with van der Waals surface area (Å²) < 4.78 is 11.6. The highest BCUT2D eigenvalue weighted by molar-refractivity contribution is 5.94. The molecule has 0 fully saturated rings. The molecule has 0 aliphatic carbocycles. The molecule has 3 aromatic rings. The molecule has 3 rings (SSSR count). The van der Waals surface area contributed by atoms with E-state index in [0.717, 1.165) is 11.3 Å². The summed E-state index contributed by atoms with van der Waals surface area (Å²) in [6.45, 7) is 8.74. The topological polar surface area (TPSA) is 47.6 Å². The van der Waals surface area contributed by atoms with Crippen LogP contribution in [0.1, 0.15) is 38.8 Å². The highest BCUT2D eigenvalue weighted by Gasteiger charge is 2.17. The van der Waals surface area contributed by atoms with Gasteiger partial charge in [-0.2, -0.15) is 0 Å². The molecule has 1 atom stereocenters. The van der Waals surface area contributed by atoms with E-state index in [1.54, 1.807) is 6.92 Å². The van der Waals surface area contributed by atoms with Gasteiger partial charge >= 0.3 is 0 Å². The molecule has 0 saturated carbocycles. The largest absolute Gasteiger partial charge is 0.489 e. The Balaban J connectivity index is 1.51. The molecule has 1 N–H and O–H groups in total. The van der Waals surface area contributed by atoms with Crippen LogP contribution in [0.3, 0.4) is 0 Å². The molecule has 0 spiro atoms. The molecule has 156 valence electrons. The van der Waals surface area contributed by atoms with E-state index < -0.39 is 6.10 Å².